The maximum atomic E-state index is 12.7. The van der Waals surface area contributed by atoms with E-state index in [1.54, 1.807) is 12.1 Å². The number of hydrogen-bond acceptors (Lipinski definition) is 5. The van der Waals surface area contributed by atoms with Gasteiger partial charge in [0.25, 0.3) is 0 Å². The van der Waals surface area contributed by atoms with Crippen molar-refractivity contribution < 1.29 is 14.7 Å². The normalized spacial score (nSPS) is 21.2. The molecule has 1 aromatic carbocycles. The minimum Gasteiger partial charge on any atom is -0.508 e. The largest absolute Gasteiger partial charge is 0.508 e. The molecule has 0 aromatic heterocycles. The molecule has 5 nitrogen and oxygen atoms in total. The number of carbonyl (C=O) groups excluding carboxylic acids is 2. The van der Waals surface area contributed by atoms with E-state index in [1.165, 1.54) is 19.3 Å². The van der Waals surface area contributed by atoms with Crippen LogP contribution in [0.25, 0.3) is 0 Å². The van der Waals surface area contributed by atoms with E-state index in [1.807, 2.05) is 12.1 Å². The molecule has 4 rings (SSSR count). The van der Waals surface area contributed by atoms with Crippen molar-refractivity contribution >= 4 is 11.6 Å². The maximum absolute atomic E-state index is 12.7. The number of allylic oxidation sites excluding steroid dienone is 3. The summed E-state index contributed by atoms with van der Waals surface area (Å²) in [6.07, 6.45) is 9.25. The lowest BCUT2D eigenvalue weighted by molar-refractivity contribution is -0.126. The van der Waals surface area contributed by atoms with E-state index in [-0.39, 0.29) is 23.7 Å². The zero-order valence-electron chi connectivity index (χ0n) is 15.5. The van der Waals surface area contributed by atoms with Crippen LogP contribution in [0.4, 0.5) is 0 Å². The first-order valence-corrected chi connectivity index (χ1v) is 9.89. The van der Waals surface area contributed by atoms with Crippen molar-refractivity contribution in [2.75, 3.05) is 0 Å². The van der Waals surface area contributed by atoms with Crippen LogP contribution >= 0.6 is 0 Å². The summed E-state index contributed by atoms with van der Waals surface area (Å²) < 4.78 is 0. The van der Waals surface area contributed by atoms with E-state index >= 15 is 0 Å². The van der Waals surface area contributed by atoms with Crippen LogP contribution in [-0.4, -0.2) is 27.6 Å². The fraction of sp³-hybridized carbons (Fsp3) is 0.455. The number of nitrogens with one attached hydrogen (secondary N) is 1. The highest BCUT2D eigenvalue weighted by atomic mass is 16.3. The third-order valence-electron chi connectivity index (χ3n) is 5.70. The Balaban J connectivity index is 1.62. The number of phenols is 1. The van der Waals surface area contributed by atoms with E-state index in [2.05, 4.69) is 16.3 Å². The summed E-state index contributed by atoms with van der Waals surface area (Å²) in [5.74, 6) is 1.15. The molecule has 1 aromatic rings. The summed E-state index contributed by atoms with van der Waals surface area (Å²) >= 11 is 0. The van der Waals surface area contributed by atoms with E-state index < -0.39 is 0 Å². The lowest BCUT2D eigenvalue weighted by Crippen LogP contribution is -2.42. The van der Waals surface area contributed by atoms with Gasteiger partial charge < -0.3 is 15.3 Å². The average Bonchev–Trinajstić information content (AvgIpc) is 2.66. The van der Waals surface area contributed by atoms with E-state index in [9.17, 15) is 14.7 Å². The number of phenolic OH excluding ortho intramolecular Hbond substituents is 1. The maximum Gasteiger partial charge on any atom is 0.186 e. The Hall–Kier alpha value is -2.56. The van der Waals surface area contributed by atoms with Crippen LogP contribution in [-0.2, 0) is 16.1 Å². The molecule has 1 heterocycles. The van der Waals surface area contributed by atoms with Gasteiger partial charge in [0, 0.05) is 19.0 Å². The van der Waals surface area contributed by atoms with Gasteiger partial charge in [-0.1, -0.05) is 31.4 Å². The van der Waals surface area contributed by atoms with Gasteiger partial charge in [0.05, 0.1) is 12.1 Å². The fourth-order valence-corrected chi connectivity index (χ4v) is 4.35. The zero-order valence-corrected chi connectivity index (χ0v) is 15.5. The standard InChI is InChI=1S/C22H26N2O3/c25-18-9-6-15(7-10-18)14-24-21(23-17-4-2-1-3-5-17)11-8-16-12-19(26)13-20(27)22(16)24/h6-7,9-11,17,23,25H,1-5,8,12-14H2. The van der Waals surface area contributed by atoms with Crippen molar-refractivity contribution in [1.82, 2.24) is 10.2 Å². The molecule has 5 heteroatoms. The van der Waals surface area contributed by atoms with Gasteiger partial charge in [-0.2, -0.15) is 0 Å². The Bertz CT molecular complexity index is 801. The molecule has 1 aliphatic heterocycles. The Kier molecular flexibility index (Phi) is 5.01. The number of rotatable bonds is 4. The lowest BCUT2D eigenvalue weighted by atomic mass is 9.88. The van der Waals surface area contributed by atoms with Crippen LogP contribution in [0.3, 0.4) is 0 Å². The number of benzene rings is 1. The molecule has 2 aliphatic carbocycles. The molecule has 0 atom stereocenters. The summed E-state index contributed by atoms with van der Waals surface area (Å²) in [6, 6.07) is 7.52. The van der Waals surface area contributed by atoms with Gasteiger partial charge in [0.15, 0.2) is 5.78 Å². The second-order valence-electron chi connectivity index (χ2n) is 7.79. The van der Waals surface area contributed by atoms with Crippen LogP contribution in [0, 0.1) is 0 Å². The number of aromatic hydroxyl groups is 1. The van der Waals surface area contributed by atoms with Gasteiger partial charge >= 0.3 is 0 Å². The summed E-state index contributed by atoms with van der Waals surface area (Å²) in [5.41, 5.74) is 2.65. The van der Waals surface area contributed by atoms with E-state index in [0.29, 0.717) is 31.1 Å². The summed E-state index contributed by atoms with van der Waals surface area (Å²) in [6.45, 7) is 0.546. The van der Waals surface area contributed by atoms with E-state index in [0.717, 1.165) is 29.8 Å². The number of Topliss-reactive ketones (excluding diaryl/α,β-unsaturated/α-hetero) is 2. The zero-order chi connectivity index (χ0) is 18.8. The molecular weight excluding hydrogens is 340 g/mol. The Morgan fingerprint density at radius 3 is 2.52 bits per heavy atom. The monoisotopic (exact) mass is 366 g/mol. The third-order valence-corrected chi connectivity index (χ3v) is 5.70. The minimum absolute atomic E-state index is 0.00161. The predicted octanol–water partition coefficient (Wildman–Crippen LogP) is 3.55. The summed E-state index contributed by atoms with van der Waals surface area (Å²) in [7, 11) is 0. The van der Waals surface area contributed by atoms with Crippen LogP contribution in [0.5, 0.6) is 5.75 Å². The highest BCUT2D eigenvalue weighted by molar-refractivity contribution is 6.11. The Labute approximate surface area is 159 Å². The molecule has 3 aliphatic rings. The molecule has 1 fully saturated rings. The predicted molar refractivity (Wildman–Crippen MR) is 103 cm³/mol. The van der Waals surface area contributed by atoms with Crippen molar-refractivity contribution in [3.05, 3.63) is 53.0 Å². The molecule has 0 spiro atoms. The molecule has 0 unspecified atom stereocenters. The quantitative estimate of drug-likeness (QED) is 0.798. The first-order chi connectivity index (χ1) is 13.1. The SMILES string of the molecule is O=C1CC(=O)C2=C(CC=C(NC3CCCCC3)N2Cc2ccc(O)cc2)C1. The Morgan fingerprint density at radius 1 is 1.04 bits per heavy atom. The summed E-state index contributed by atoms with van der Waals surface area (Å²) in [5, 5.41) is 13.2. The Morgan fingerprint density at radius 2 is 1.78 bits per heavy atom. The second-order valence-corrected chi connectivity index (χ2v) is 7.79. The van der Waals surface area contributed by atoms with Gasteiger partial charge in [0.2, 0.25) is 0 Å². The number of carbonyl (C=O) groups is 2. The number of hydrogen-bond donors (Lipinski definition) is 2. The summed E-state index contributed by atoms with van der Waals surface area (Å²) in [4.78, 5) is 26.7. The molecule has 0 amide bonds. The highest BCUT2D eigenvalue weighted by Gasteiger charge is 2.34. The molecular formula is C22H26N2O3. The minimum atomic E-state index is -0.0731. The van der Waals surface area contributed by atoms with Crippen molar-refractivity contribution in [2.24, 2.45) is 0 Å². The van der Waals surface area contributed by atoms with Gasteiger partial charge in [-0.3, -0.25) is 9.59 Å². The van der Waals surface area contributed by atoms with Crippen LogP contribution in [0.2, 0.25) is 0 Å². The second kappa shape index (κ2) is 7.59. The van der Waals surface area contributed by atoms with E-state index in [4.69, 9.17) is 0 Å². The first-order valence-electron chi connectivity index (χ1n) is 9.89. The lowest BCUT2D eigenvalue weighted by Gasteiger charge is -2.38. The van der Waals surface area contributed by atoms with Crippen LogP contribution in [0.15, 0.2) is 47.4 Å². The molecule has 0 bridgehead atoms. The fourth-order valence-electron chi connectivity index (χ4n) is 4.35. The topological polar surface area (TPSA) is 69.6 Å². The van der Waals surface area contributed by atoms with Gasteiger partial charge in [-0.15, -0.1) is 0 Å². The first kappa shape index (κ1) is 17.8. The molecule has 0 saturated heterocycles. The van der Waals surface area contributed by atoms with Crippen molar-refractivity contribution in [2.45, 2.75) is 64.0 Å². The third kappa shape index (κ3) is 3.92. The van der Waals surface area contributed by atoms with Gasteiger partial charge in [0.1, 0.15) is 17.4 Å². The van der Waals surface area contributed by atoms with Crippen LogP contribution in [0.1, 0.15) is 56.9 Å². The molecule has 1 saturated carbocycles. The van der Waals surface area contributed by atoms with Crippen molar-refractivity contribution in [1.29, 1.82) is 0 Å². The number of ketones is 2. The van der Waals surface area contributed by atoms with Gasteiger partial charge in [-0.25, -0.2) is 0 Å². The molecule has 27 heavy (non-hydrogen) atoms. The van der Waals surface area contributed by atoms with Crippen molar-refractivity contribution in [3.8, 4) is 5.75 Å². The molecule has 0 radical (unpaired) electrons. The number of nitrogens with zero attached hydrogens (tertiary/aromatic N) is 1. The molecule has 142 valence electrons. The van der Waals surface area contributed by atoms with Crippen molar-refractivity contribution in [3.63, 3.8) is 0 Å². The highest BCUT2D eigenvalue weighted by Crippen LogP contribution is 2.34. The average molecular weight is 366 g/mol. The van der Waals surface area contributed by atoms with Crippen LogP contribution < -0.4 is 5.32 Å². The van der Waals surface area contributed by atoms with Gasteiger partial charge in [-0.05, 0) is 48.6 Å². The smallest absolute Gasteiger partial charge is 0.186 e. The molecule has 2 N–H and O–H groups in total.